The van der Waals surface area contributed by atoms with Gasteiger partial charge in [-0.2, -0.15) is 0 Å². The Morgan fingerprint density at radius 2 is 2.00 bits per heavy atom. The lowest BCUT2D eigenvalue weighted by molar-refractivity contribution is -0.384. The first kappa shape index (κ1) is 18.5. The summed E-state index contributed by atoms with van der Waals surface area (Å²) in [6.45, 7) is 4.78. The van der Waals surface area contributed by atoms with E-state index in [1.165, 1.54) is 18.2 Å². The van der Waals surface area contributed by atoms with E-state index in [1.54, 1.807) is 6.08 Å². The number of carbonyl (C=O) groups excluding carboxylic acids is 1. The standard InChI is InChI=1S/C21H20ClN3O3/c1-20(2)16-5-3-4-6-18(16)24-12-10-19(26)23-21(20,24)11-9-14-13-15(25(27)28)7-8-17(14)22/h3-9,11,13H,10,12H2,1-2H3,(H,23,26)/b11-9+/t21-/m1/s1. The van der Waals surface area contributed by atoms with Crippen molar-refractivity contribution in [2.24, 2.45) is 0 Å². The van der Waals surface area contributed by atoms with Crippen molar-refractivity contribution >= 4 is 35.0 Å². The van der Waals surface area contributed by atoms with Gasteiger partial charge < -0.3 is 10.2 Å². The minimum Gasteiger partial charge on any atom is -0.344 e. The molecule has 0 spiro atoms. The zero-order valence-electron chi connectivity index (χ0n) is 15.6. The van der Waals surface area contributed by atoms with E-state index in [0.29, 0.717) is 23.6 Å². The minimum absolute atomic E-state index is 0.0214. The third-order valence-electron chi connectivity index (χ3n) is 5.83. The predicted octanol–water partition coefficient (Wildman–Crippen LogP) is 4.28. The summed E-state index contributed by atoms with van der Waals surface area (Å²) in [6.07, 6.45) is 4.09. The fourth-order valence-corrected chi connectivity index (χ4v) is 4.48. The monoisotopic (exact) mass is 397 g/mol. The number of carbonyl (C=O) groups is 1. The van der Waals surface area contributed by atoms with Gasteiger partial charge in [0.25, 0.3) is 5.69 Å². The number of halogens is 1. The number of non-ortho nitro benzene ring substituents is 1. The molecule has 1 saturated heterocycles. The number of para-hydroxylation sites is 1. The topological polar surface area (TPSA) is 75.5 Å². The van der Waals surface area contributed by atoms with Crippen LogP contribution < -0.4 is 10.2 Å². The number of benzene rings is 2. The molecule has 28 heavy (non-hydrogen) atoms. The Morgan fingerprint density at radius 1 is 1.25 bits per heavy atom. The fourth-order valence-electron chi connectivity index (χ4n) is 4.30. The Labute approximate surface area is 167 Å². The second-order valence-corrected chi connectivity index (χ2v) is 8.06. The third kappa shape index (κ3) is 2.59. The molecule has 0 aliphatic carbocycles. The molecule has 2 heterocycles. The number of amides is 1. The molecule has 7 heteroatoms. The van der Waals surface area contributed by atoms with Gasteiger partial charge in [0.1, 0.15) is 5.66 Å². The summed E-state index contributed by atoms with van der Waals surface area (Å²) < 4.78 is 0. The average Bonchev–Trinajstić information content (AvgIpc) is 2.85. The highest BCUT2D eigenvalue weighted by molar-refractivity contribution is 6.32. The zero-order valence-corrected chi connectivity index (χ0v) is 16.4. The van der Waals surface area contributed by atoms with E-state index >= 15 is 0 Å². The predicted molar refractivity (Wildman–Crippen MR) is 109 cm³/mol. The van der Waals surface area contributed by atoms with Crippen LogP contribution in [-0.4, -0.2) is 23.0 Å². The molecule has 0 unspecified atom stereocenters. The first-order chi connectivity index (χ1) is 13.3. The first-order valence-electron chi connectivity index (χ1n) is 9.07. The minimum atomic E-state index is -0.778. The number of anilines is 1. The van der Waals surface area contributed by atoms with E-state index in [9.17, 15) is 14.9 Å². The maximum Gasteiger partial charge on any atom is 0.270 e. The Hall–Kier alpha value is -2.86. The van der Waals surface area contributed by atoms with E-state index in [4.69, 9.17) is 11.6 Å². The highest BCUT2D eigenvalue weighted by Crippen LogP contribution is 2.52. The van der Waals surface area contributed by atoms with Gasteiger partial charge in [0, 0.05) is 41.2 Å². The molecule has 2 aliphatic rings. The van der Waals surface area contributed by atoms with Crippen LogP contribution in [0.2, 0.25) is 5.02 Å². The summed E-state index contributed by atoms with van der Waals surface area (Å²) in [5, 5.41) is 14.7. The second-order valence-electron chi connectivity index (χ2n) is 7.65. The van der Waals surface area contributed by atoms with Gasteiger partial charge >= 0.3 is 0 Å². The van der Waals surface area contributed by atoms with Gasteiger partial charge in [-0.3, -0.25) is 14.9 Å². The molecule has 1 atom stereocenters. The molecular weight excluding hydrogens is 378 g/mol. The molecule has 0 radical (unpaired) electrons. The first-order valence-corrected chi connectivity index (χ1v) is 9.45. The van der Waals surface area contributed by atoms with Gasteiger partial charge in [-0.05, 0) is 29.3 Å². The van der Waals surface area contributed by atoms with Gasteiger partial charge in [0.2, 0.25) is 5.91 Å². The Balaban J connectivity index is 1.84. The van der Waals surface area contributed by atoms with Crippen molar-refractivity contribution in [2.45, 2.75) is 31.3 Å². The van der Waals surface area contributed by atoms with E-state index in [0.717, 1.165) is 11.3 Å². The van der Waals surface area contributed by atoms with Crippen LogP contribution in [0, 0.1) is 10.1 Å². The van der Waals surface area contributed by atoms with E-state index < -0.39 is 16.0 Å². The number of fused-ring (bicyclic) bond motifs is 3. The molecule has 6 nitrogen and oxygen atoms in total. The largest absolute Gasteiger partial charge is 0.344 e. The number of rotatable bonds is 3. The third-order valence-corrected chi connectivity index (χ3v) is 6.18. The summed E-state index contributed by atoms with van der Waals surface area (Å²) in [7, 11) is 0. The van der Waals surface area contributed by atoms with Crippen LogP contribution in [-0.2, 0) is 10.2 Å². The van der Waals surface area contributed by atoms with Crippen molar-refractivity contribution < 1.29 is 9.72 Å². The van der Waals surface area contributed by atoms with Crippen LogP contribution in [0.4, 0.5) is 11.4 Å². The van der Waals surface area contributed by atoms with E-state index in [2.05, 4.69) is 36.2 Å². The molecule has 4 rings (SSSR count). The molecule has 2 aromatic rings. The lowest BCUT2D eigenvalue weighted by atomic mass is 9.74. The summed E-state index contributed by atoms with van der Waals surface area (Å²) in [5.74, 6) is -0.0214. The lowest BCUT2D eigenvalue weighted by Crippen LogP contribution is -2.68. The number of nitro groups is 1. The van der Waals surface area contributed by atoms with Gasteiger partial charge in [-0.15, -0.1) is 0 Å². The Morgan fingerprint density at radius 3 is 2.75 bits per heavy atom. The molecular formula is C21H20ClN3O3. The molecule has 1 N–H and O–H groups in total. The number of nitro benzene ring substituents is 1. The fraction of sp³-hybridized carbons (Fsp3) is 0.286. The lowest BCUT2D eigenvalue weighted by Gasteiger charge is -2.49. The number of nitrogens with one attached hydrogen (secondary N) is 1. The SMILES string of the molecule is CC1(C)c2ccccc2N2CCC(=O)N[C@]21/C=C/c1cc([N+](=O)[O-])ccc1Cl. The van der Waals surface area contributed by atoms with Crippen LogP contribution in [0.5, 0.6) is 0 Å². The molecule has 0 saturated carbocycles. The summed E-state index contributed by atoms with van der Waals surface area (Å²) in [4.78, 5) is 25.3. The van der Waals surface area contributed by atoms with Crippen molar-refractivity contribution in [3.8, 4) is 0 Å². The van der Waals surface area contributed by atoms with Crippen LogP contribution >= 0.6 is 11.6 Å². The van der Waals surface area contributed by atoms with Crippen molar-refractivity contribution in [3.05, 3.63) is 74.8 Å². The normalized spacial score (nSPS) is 22.7. The van der Waals surface area contributed by atoms with Crippen LogP contribution in [0.3, 0.4) is 0 Å². The molecule has 1 fully saturated rings. The highest BCUT2D eigenvalue weighted by atomic mass is 35.5. The maximum absolute atomic E-state index is 12.4. The molecule has 0 bridgehead atoms. The maximum atomic E-state index is 12.4. The van der Waals surface area contributed by atoms with Crippen LogP contribution in [0.1, 0.15) is 31.4 Å². The number of hydrogen-bond donors (Lipinski definition) is 1. The molecule has 2 aromatic carbocycles. The highest BCUT2D eigenvalue weighted by Gasteiger charge is 2.57. The molecule has 1 amide bonds. The van der Waals surface area contributed by atoms with Crippen molar-refractivity contribution in [3.63, 3.8) is 0 Å². The Kier molecular flexibility index (Phi) is 4.19. The van der Waals surface area contributed by atoms with Crippen molar-refractivity contribution in [1.29, 1.82) is 0 Å². The van der Waals surface area contributed by atoms with Crippen molar-refractivity contribution in [2.75, 3.05) is 11.4 Å². The smallest absolute Gasteiger partial charge is 0.270 e. The van der Waals surface area contributed by atoms with Crippen molar-refractivity contribution in [1.82, 2.24) is 5.32 Å². The zero-order chi connectivity index (χ0) is 20.1. The summed E-state index contributed by atoms with van der Waals surface area (Å²) in [5.41, 5.74) is 1.55. The molecule has 144 valence electrons. The second kappa shape index (κ2) is 6.34. The summed E-state index contributed by atoms with van der Waals surface area (Å²) >= 11 is 6.27. The van der Waals surface area contributed by atoms with Gasteiger partial charge in [-0.25, -0.2) is 0 Å². The quantitative estimate of drug-likeness (QED) is 0.619. The van der Waals surface area contributed by atoms with Gasteiger partial charge in [0.05, 0.1) is 4.92 Å². The van der Waals surface area contributed by atoms with Crippen LogP contribution in [0.25, 0.3) is 6.08 Å². The molecule has 2 aliphatic heterocycles. The Bertz CT molecular complexity index is 1020. The van der Waals surface area contributed by atoms with Crippen LogP contribution in [0.15, 0.2) is 48.5 Å². The van der Waals surface area contributed by atoms with E-state index in [-0.39, 0.29) is 11.6 Å². The number of hydrogen-bond acceptors (Lipinski definition) is 4. The van der Waals surface area contributed by atoms with Gasteiger partial charge in [-0.1, -0.05) is 49.7 Å². The van der Waals surface area contributed by atoms with Gasteiger partial charge in [0.15, 0.2) is 0 Å². The molecule has 0 aromatic heterocycles. The number of nitrogens with zero attached hydrogens (tertiary/aromatic N) is 2. The van der Waals surface area contributed by atoms with E-state index in [1.807, 2.05) is 18.2 Å². The summed E-state index contributed by atoms with van der Waals surface area (Å²) in [6, 6.07) is 12.5. The average molecular weight is 398 g/mol.